The Labute approximate surface area is 111 Å². The zero-order valence-corrected chi connectivity index (χ0v) is 10.7. The summed E-state index contributed by atoms with van der Waals surface area (Å²) < 4.78 is 0. The second-order valence-electron chi connectivity index (χ2n) is 3.82. The van der Waals surface area contributed by atoms with Crippen molar-refractivity contribution in [3.05, 3.63) is 54.2 Å². The standard InChI is InChI=1S/C13H16N4S/c14-13-11(7-4-8-16-13)12(17-15)9-18-10-5-2-1-3-6-10/h1-8,12,17H,9,15H2,(H2,14,16). The Morgan fingerprint density at radius 3 is 2.61 bits per heavy atom. The van der Waals surface area contributed by atoms with Crippen LogP contribution in [0.2, 0.25) is 0 Å². The van der Waals surface area contributed by atoms with Gasteiger partial charge in [-0.15, -0.1) is 11.8 Å². The van der Waals surface area contributed by atoms with Gasteiger partial charge in [0.25, 0.3) is 0 Å². The highest BCUT2D eigenvalue weighted by molar-refractivity contribution is 7.99. The minimum atomic E-state index is -0.0103. The highest BCUT2D eigenvalue weighted by Crippen LogP contribution is 2.25. The van der Waals surface area contributed by atoms with E-state index < -0.39 is 0 Å². The molecule has 1 unspecified atom stereocenters. The number of nitrogens with zero attached hydrogens (tertiary/aromatic N) is 1. The molecule has 0 aliphatic carbocycles. The lowest BCUT2D eigenvalue weighted by Gasteiger charge is -2.17. The quantitative estimate of drug-likeness (QED) is 0.435. The summed E-state index contributed by atoms with van der Waals surface area (Å²) in [5, 5.41) is 0. The molecule has 0 amide bonds. The molecule has 4 nitrogen and oxygen atoms in total. The Balaban J connectivity index is 2.04. The van der Waals surface area contributed by atoms with Crippen LogP contribution < -0.4 is 17.0 Å². The highest BCUT2D eigenvalue weighted by Gasteiger charge is 2.13. The van der Waals surface area contributed by atoms with Crippen LogP contribution in [0, 0.1) is 0 Å². The molecule has 0 aliphatic rings. The van der Waals surface area contributed by atoms with Crippen LogP contribution in [0.1, 0.15) is 11.6 Å². The van der Waals surface area contributed by atoms with Crippen LogP contribution in [0.3, 0.4) is 0 Å². The van der Waals surface area contributed by atoms with Gasteiger partial charge in [0.1, 0.15) is 5.82 Å². The van der Waals surface area contributed by atoms with E-state index in [0.717, 1.165) is 11.3 Å². The smallest absolute Gasteiger partial charge is 0.128 e. The van der Waals surface area contributed by atoms with Gasteiger partial charge in [-0.1, -0.05) is 24.3 Å². The molecule has 0 saturated carbocycles. The SMILES string of the molecule is NNC(CSc1ccccc1)c1cccnc1N. The average molecular weight is 260 g/mol. The third kappa shape index (κ3) is 3.22. The van der Waals surface area contributed by atoms with Crippen molar-refractivity contribution in [1.29, 1.82) is 0 Å². The van der Waals surface area contributed by atoms with Crippen molar-refractivity contribution in [2.75, 3.05) is 11.5 Å². The summed E-state index contributed by atoms with van der Waals surface area (Å²) in [5.74, 6) is 6.92. The first kappa shape index (κ1) is 12.9. The van der Waals surface area contributed by atoms with E-state index in [-0.39, 0.29) is 6.04 Å². The fourth-order valence-electron chi connectivity index (χ4n) is 1.65. The lowest BCUT2D eigenvalue weighted by Crippen LogP contribution is -2.30. The van der Waals surface area contributed by atoms with Gasteiger partial charge in [0.2, 0.25) is 0 Å². The van der Waals surface area contributed by atoms with Gasteiger partial charge < -0.3 is 5.73 Å². The van der Waals surface area contributed by atoms with Crippen molar-refractivity contribution >= 4 is 17.6 Å². The number of rotatable bonds is 5. The third-order valence-corrected chi connectivity index (χ3v) is 3.71. The van der Waals surface area contributed by atoms with Gasteiger partial charge in [0.05, 0.1) is 6.04 Å². The van der Waals surface area contributed by atoms with Gasteiger partial charge >= 0.3 is 0 Å². The number of nitrogens with two attached hydrogens (primary N) is 2. The average Bonchev–Trinajstić information content (AvgIpc) is 2.42. The second-order valence-corrected chi connectivity index (χ2v) is 4.91. The molecule has 94 valence electrons. The van der Waals surface area contributed by atoms with Gasteiger partial charge in [-0.2, -0.15) is 0 Å². The summed E-state index contributed by atoms with van der Waals surface area (Å²) in [6, 6.07) is 14.0. The number of hydrazine groups is 1. The number of aromatic nitrogens is 1. The largest absolute Gasteiger partial charge is 0.383 e. The van der Waals surface area contributed by atoms with Crippen LogP contribution in [0.15, 0.2) is 53.6 Å². The van der Waals surface area contributed by atoms with E-state index in [2.05, 4.69) is 22.5 Å². The number of pyridine rings is 1. The van der Waals surface area contributed by atoms with Crippen LogP contribution >= 0.6 is 11.8 Å². The zero-order valence-electron chi connectivity index (χ0n) is 9.91. The molecule has 5 N–H and O–H groups in total. The Bertz CT molecular complexity index is 489. The summed E-state index contributed by atoms with van der Waals surface area (Å²) in [4.78, 5) is 5.28. The summed E-state index contributed by atoms with van der Waals surface area (Å²) in [6.45, 7) is 0. The van der Waals surface area contributed by atoms with E-state index in [0.29, 0.717) is 5.82 Å². The fourth-order valence-corrected chi connectivity index (χ4v) is 2.63. The van der Waals surface area contributed by atoms with E-state index in [4.69, 9.17) is 11.6 Å². The first-order valence-corrected chi connectivity index (χ1v) is 6.64. The van der Waals surface area contributed by atoms with Gasteiger partial charge in [-0.3, -0.25) is 11.3 Å². The Morgan fingerprint density at radius 1 is 1.17 bits per heavy atom. The van der Waals surface area contributed by atoms with Gasteiger partial charge in [0, 0.05) is 22.4 Å². The molecule has 0 aliphatic heterocycles. The normalized spacial score (nSPS) is 12.3. The molecule has 2 rings (SSSR count). The van der Waals surface area contributed by atoms with Crippen LogP contribution in [-0.2, 0) is 0 Å². The summed E-state index contributed by atoms with van der Waals surface area (Å²) in [5.41, 5.74) is 9.57. The number of hydrogen-bond donors (Lipinski definition) is 3. The first-order valence-electron chi connectivity index (χ1n) is 5.65. The first-order chi connectivity index (χ1) is 8.81. The van der Waals surface area contributed by atoms with Crippen molar-refractivity contribution in [3.8, 4) is 0 Å². The predicted molar refractivity (Wildman–Crippen MR) is 75.9 cm³/mol. The lowest BCUT2D eigenvalue weighted by molar-refractivity contribution is 0.610. The highest BCUT2D eigenvalue weighted by atomic mass is 32.2. The molecule has 0 radical (unpaired) electrons. The fraction of sp³-hybridized carbons (Fsp3) is 0.154. The van der Waals surface area contributed by atoms with E-state index in [9.17, 15) is 0 Å². The minimum Gasteiger partial charge on any atom is -0.383 e. The summed E-state index contributed by atoms with van der Waals surface area (Å²) >= 11 is 1.73. The molecular formula is C13H16N4S. The number of nitrogens with one attached hydrogen (secondary N) is 1. The zero-order chi connectivity index (χ0) is 12.8. The van der Waals surface area contributed by atoms with Gasteiger partial charge in [-0.05, 0) is 18.2 Å². The van der Waals surface area contributed by atoms with Gasteiger partial charge in [-0.25, -0.2) is 4.98 Å². The number of anilines is 1. The van der Waals surface area contributed by atoms with Crippen molar-refractivity contribution < 1.29 is 0 Å². The van der Waals surface area contributed by atoms with Crippen molar-refractivity contribution in [3.63, 3.8) is 0 Å². The molecule has 0 saturated heterocycles. The number of nitrogen functional groups attached to an aromatic ring is 1. The molecular weight excluding hydrogens is 244 g/mol. The molecule has 1 aromatic heterocycles. The number of benzene rings is 1. The Hall–Kier alpha value is -1.56. The monoisotopic (exact) mass is 260 g/mol. The molecule has 2 aromatic rings. The molecule has 1 aromatic carbocycles. The van der Waals surface area contributed by atoms with E-state index in [1.807, 2.05) is 30.3 Å². The topological polar surface area (TPSA) is 77.0 Å². The lowest BCUT2D eigenvalue weighted by atomic mass is 10.1. The van der Waals surface area contributed by atoms with Crippen LogP contribution in [0.25, 0.3) is 0 Å². The maximum Gasteiger partial charge on any atom is 0.128 e. The predicted octanol–water partition coefficient (Wildman–Crippen LogP) is 1.96. The molecule has 18 heavy (non-hydrogen) atoms. The molecule has 5 heteroatoms. The molecule has 0 spiro atoms. The van der Waals surface area contributed by atoms with Crippen LogP contribution in [0.4, 0.5) is 5.82 Å². The molecule has 1 atom stereocenters. The van der Waals surface area contributed by atoms with E-state index in [1.54, 1.807) is 18.0 Å². The van der Waals surface area contributed by atoms with Crippen LogP contribution in [0.5, 0.6) is 0 Å². The second kappa shape index (κ2) is 6.39. The third-order valence-electron chi connectivity index (χ3n) is 2.61. The molecule has 1 heterocycles. The molecule has 0 bridgehead atoms. The van der Waals surface area contributed by atoms with Crippen LogP contribution in [-0.4, -0.2) is 10.7 Å². The Morgan fingerprint density at radius 2 is 1.94 bits per heavy atom. The van der Waals surface area contributed by atoms with Crippen molar-refractivity contribution in [2.24, 2.45) is 5.84 Å². The minimum absolute atomic E-state index is 0.0103. The number of thioether (sulfide) groups is 1. The maximum atomic E-state index is 5.85. The Kier molecular flexibility index (Phi) is 4.58. The molecule has 0 fully saturated rings. The number of hydrogen-bond acceptors (Lipinski definition) is 5. The van der Waals surface area contributed by atoms with Crippen molar-refractivity contribution in [2.45, 2.75) is 10.9 Å². The van der Waals surface area contributed by atoms with E-state index >= 15 is 0 Å². The van der Waals surface area contributed by atoms with E-state index in [1.165, 1.54) is 4.90 Å². The summed E-state index contributed by atoms with van der Waals surface area (Å²) in [6.07, 6.45) is 1.68. The van der Waals surface area contributed by atoms with Gasteiger partial charge in [0.15, 0.2) is 0 Å². The maximum absolute atomic E-state index is 5.85. The van der Waals surface area contributed by atoms with Crippen molar-refractivity contribution in [1.82, 2.24) is 10.4 Å². The summed E-state index contributed by atoms with van der Waals surface area (Å²) in [7, 11) is 0.